The third-order valence-corrected chi connectivity index (χ3v) is 6.59. The molecule has 0 atom stereocenters. The van der Waals surface area contributed by atoms with Crippen LogP contribution in [0.1, 0.15) is 82.1 Å². The molecule has 0 aromatic heterocycles. The average Bonchev–Trinajstić information content (AvgIpc) is 2.75. The molecule has 180 valence electrons. The lowest BCUT2D eigenvalue weighted by Crippen LogP contribution is -2.32. The van der Waals surface area contributed by atoms with Crippen molar-refractivity contribution in [3.8, 4) is 5.75 Å². The molecule has 2 aromatic rings. The summed E-state index contributed by atoms with van der Waals surface area (Å²) < 4.78 is 0. The van der Waals surface area contributed by atoms with Crippen molar-refractivity contribution in [3.63, 3.8) is 0 Å². The minimum absolute atomic E-state index is 0.0135. The van der Waals surface area contributed by atoms with E-state index in [1.165, 1.54) is 12.0 Å². The second-order valence-corrected chi connectivity index (χ2v) is 10.4. The first-order valence-electron chi connectivity index (χ1n) is 12.2. The molecular weight excluding hydrogens is 412 g/mol. The minimum atomic E-state index is -0.0454. The molecule has 0 saturated heterocycles. The maximum atomic E-state index is 12.5. The van der Waals surface area contributed by atoms with Gasteiger partial charge in [-0.1, -0.05) is 64.3 Å². The van der Waals surface area contributed by atoms with Crippen molar-refractivity contribution in [2.75, 3.05) is 18.0 Å². The fraction of sp³-hybridized carbons (Fsp3) is 0.536. The van der Waals surface area contributed by atoms with Gasteiger partial charge in [0.05, 0.1) is 6.61 Å². The summed E-state index contributed by atoms with van der Waals surface area (Å²) in [7, 11) is 0. The molecule has 2 N–H and O–H groups in total. The molecule has 1 heterocycles. The fourth-order valence-electron chi connectivity index (χ4n) is 4.55. The Kier molecular flexibility index (Phi) is 8.55. The molecule has 0 spiro atoms. The number of hydrogen-bond donors (Lipinski definition) is 2. The molecule has 0 fully saturated rings. The van der Waals surface area contributed by atoms with E-state index in [-0.39, 0.29) is 17.9 Å². The van der Waals surface area contributed by atoms with Crippen molar-refractivity contribution >= 4 is 11.6 Å². The van der Waals surface area contributed by atoms with Gasteiger partial charge in [-0.3, -0.25) is 9.69 Å². The Labute approximate surface area is 199 Å². The van der Waals surface area contributed by atoms with Crippen LogP contribution in [-0.4, -0.2) is 34.1 Å². The number of phenolic OH excluding ortho intramolecular Hbond substituents is 1. The van der Waals surface area contributed by atoms with Crippen LogP contribution in [0.25, 0.3) is 0 Å². The van der Waals surface area contributed by atoms with Gasteiger partial charge in [-0.15, -0.1) is 0 Å². The van der Waals surface area contributed by atoms with Crippen LogP contribution in [0, 0.1) is 0 Å². The number of carbonyl (C=O) groups is 1. The summed E-state index contributed by atoms with van der Waals surface area (Å²) in [5, 5.41) is 20.3. The molecule has 1 amide bonds. The number of fused-ring (bicyclic) bond motifs is 1. The molecule has 2 aromatic carbocycles. The van der Waals surface area contributed by atoms with Gasteiger partial charge in [0, 0.05) is 37.8 Å². The standard InChI is InChI=1S/C28H40N2O3/c1-21(32)30-15-9-7-5-6-8-14-29(18-23-11-10-22(20-31)16-26(23)30)19-24-17-25(28(2,3)4)12-13-27(24)33/h10-13,16-17,31,33H,5-9,14-15,18-20H2,1-4H3. The van der Waals surface area contributed by atoms with E-state index in [1.807, 2.05) is 35.2 Å². The van der Waals surface area contributed by atoms with Crippen LogP contribution in [0.5, 0.6) is 5.75 Å². The van der Waals surface area contributed by atoms with Gasteiger partial charge in [0.2, 0.25) is 5.91 Å². The van der Waals surface area contributed by atoms with Gasteiger partial charge >= 0.3 is 0 Å². The van der Waals surface area contributed by atoms with Crippen LogP contribution in [-0.2, 0) is 29.9 Å². The minimum Gasteiger partial charge on any atom is -0.508 e. The Morgan fingerprint density at radius 1 is 0.970 bits per heavy atom. The first kappa shape index (κ1) is 25.3. The highest BCUT2D eigenvalue weighted by molar-refractivity contribution is 5.92. The lowest BCUT2D eigenvalue weighted by atomic mass is 9.86. The van der Waals surface area contributed by atoms with Crippen molar-refractivity contribution in [1.82, 2.24) is 4.90 Å². The number of nitrogens with zero attached hydrogens (tertiary/aromatic N) is 2. The molecule has 1 aliphatic heterocycles. The predicted octanol–water partition coefficient (Wildman–Crippen LogP) is 5.50. The van der Waals surface area contributed by atoms with E-state index in [0.29, 0.717) is 25.4 Å². The Balaban J connectivity index is 1.97. The van der Waals surface area contributed by atoms with Gasteiger partial charge in [0.1, 0.15) is 5.75 Å². The van der Waals surface area contributed by atoms with Crippen molar-refractivity contribution in [3.05, 3.63) is 58.7 Å². The molecule has 0 saturated carbocycles. The molecule has 0 bridgehead atoms. The van der Waals surface area contributed by atoms with Crippen LogP contribution in [0.2, 0.25) is 0 Å². The van der Waals surface area contributed by atoms with E-state index in [1.54, 1.807) is 6.92 Å². The van der Waals surface area contributed by atoms with E-state index in [4.69, 9.17) is 0 Å². The van der Waals surface area contributed by atoms with Crippen LogP contribution in [0.4, 0.5) is 5.69 Å². The van der Waals surface area contributed by atoms with Gasteiger partial charge in [0.15, 0.2) is 0 Å². The third kappa shape index (κ3) is 6.81. The number of aliphatic hydroxyl groups is 1. The lowest BCUT2D eigenvalue weighted by molar-refractivity contribution is -0.116. The van der Waals surface area contributed by atoms with Crippen molar-refractivity contribution in [2.45, 2.75) is 84.9 Å². The summed E-state index contributed by atoms with van der Waals surface area (Å²) in [5.74, 6) is 0.362. The fourth-order valence-corrected chi connectivity index (χ4v) is 4.55. The number of aromatic hydroxyl groups is 1. The van der Waals surface area contributed by atoms with Crippen molar-refractivity contribution in [2.24, 2.45) is 0 Å². The number of phenols is 1. The number of carbonyl (C=O) groups excluding carboxylic acids is 1. The maximum absolute atomic E-state index is 12.5. The Hall–Kier alpha value is -2.37. The summed E-state index contributed by atoms with van der Waals surface area (Å²) in [6.07, 6.45) is 5.53. The van der Waals surface area contributed by atoms with E-state index in [2.05, 4.69) is 31.7 Å². The number of benzene rings is 2. The van der Waals surface area contributed by atoms with Gasteiger partial charge in [0.25, 0.3) is 0 Å². The molecule has 0 aliphatic carbocycles. The molecule has 0 unspecified atom stereocenters. The monoisotopic (exact) mass is 452 g/mol. The van der Waals surface area contributed by atoms with Gasteiger partial charge in [-0.25, -0.2) is 0 Å². The van der Waals surface area contributed by atoms with Gasteiger partial charge in [-0.2, -0.15) is 0 Å². The lowest BCUT2D eigenvalue weighted by Gasteiger charge is -2.30. The topological polar surface area (TPSA) is 64.0 Å². The summed E-state index contributed by atoms with van der Waals surface area (Å²) in [6, 6.07) is 11.9. The molecule has 0 radical (unpaired) electrons. The SMILES string of the molecule is CC(=O)N1CCCCCCCN(Cc2cc(C(C)(C)C)ccc2O)Cc2ccc(CO)cc21. The first-order chi connectivity index (χ1) is 15.7. The van der Waals surface area contributed by atoms with E-state index in [9.17, 15) is 15.0 Å². The van der Waals surface area contributed by atoms with Crippen LogP contribution in [0.3, 0.4) is 0 Å². The average molecular weight is 453 g/mol. The first-order valence-corrected chi connectivity index (χ1v) is 12.2. The zero-order valence-electron chi connectivity index (χ0n) is 20.7. The number of hydrogen-bond acceptors (Lipinski definition) is 4. The molecule has 3 rings (SSSR count). The van der Waals surface area contributed by atoms with Crippen molar-refractivity contribution in [1.29, 1.82) is 0 Å². The zero-order valence-corrected chi connectivity index (χ0v) is 20.7. The largest absolute Gasteiger partial charge is 0.508 e. The van der Waals surface area contributed by atoms with E-state index in [0.717, 1.165) is 54.6 Å². The van der Waals surface area contributed by atoms with Crippen LogP contribution in [0.15, 0.2) is 36.4 Å². The van der Waals surface area contributed by atoms with Gasteiger partial charge in [-0.05, 0) is 53.6 Å². The summed E-state index contributed by atoms with van der Waals surface area (Å²) in [5.41, 5.74) is 4.95. The maximum Gasteiger partial charge on any atom is 0.223 e. The highest BCUT2D eigenvalue weighted by Crippen LogP contribution is 2.30. The number of amides is 1. The summed E-state index contributed by atoms with van der Waals surface area (Å²) in [4.78, 5) is 16.8. The highest BCUT2D eigenvalue weighted by atomic mass is 16.3. The van der Waals surface area contributed by atoms with Crippen LogP contribution < -0.4 is 4.90 Å². The smallest absolute Gasteiger partial charge is 0.223 e. The Morgan fingerprint density at radius 2 is 1.67 bits per heavy atom. The molecule has 5 heteroatoms. The summed E-state index contributed by atoms with van der Waals surface area (Å²) >= 11 is 0. The highest BCUT2D eigenvalue weighted by Gasteiger charge is 2.21. The molecule has 1 aliphatic rings. The number of aliphatic hydroxyl groups excluding tert-OH is 1. The normalized spacial score (nSPS) is 16.6. The zero-order chi connectivity index (χ0) is 24.0. The molecule has 5 nitrogen and oxygen atoms in total. The third-order valence-electron chi connectivity index (χ3n) is 6.59. The predicted molar refractivity (Wildman–Crippen MR) is 134 cm³/mol. The number of rotatable bonds is 3. The number of anilines is 1. The van der Waals surface area contributed by atoms with Gasteiger partial charge < -0.3 is 15.1 Å². The van der Waals surface area contributed by atoms with Crippen molar-refractivity contribution < 1.29 is 15.0 Å². The second-order valence-electron chi connectivity index (χ2n) is 10.4. The van der Waals surface area contributed by atoms with E-state index >= 15 is 0 Å². The Bertz CT molecular complexity index is 949. The molecule has 33 heavy (non-hydrogen) atoms. The molecular formula is C28H40N2O3. The quantitative estimate of drug-likeness (QED) is 0.645. The summed E-state index contributed by atoms with van der Waals surface area (Å²) in [6.45, 7) is 11.1. The van der Waals surface area contributed by atoms with Crippen LogP contribution >= 0.6 is 0 Å². The van der Waals surface area contributed by atoms with E-state index < -0.39 is 0 Å². The Morgan fingerprint density at radius 3 is 2.33 bits per heavy atom. The second kappa shape index (κ2) is 11.2.